The van der Waals surface area contributed by atoms with Gasteiger partial charge in [-0.05, 0) is 49.6 Å². The second kappa shape index (κ2) is 7.05. The van der Waals surface area contributed by atoms with Gasteiger partial charge in [-0.25, -0.2) is 0 Å². The Hall–Kier alpha value is -0.680. The lowest BCUT2D eigenvalue weighted by molar-refractivity contribution is -0.137. The molecule has 5 heteroatoms. The molecule has 0 heterocycles. The van der Waals surface area contributed by atoms with Crippen molar-refractivity contribution < 1.29 is 13.2 Å². The summed E-state index contributed by atoms with van der Waals surface area (Å²) in [4.78, 5) is 0. The molecule has 1 fully saturated rings. The molecule has 1 aromatic carbocycles. The number of benzene rings is 1. The minimum atomic E-state index is -4.26. The van der Waals surface area contributed by atoms with Gasteiger partial charge in [-0.3, -0.25) is 0 Å². The van der Waals surface area contributed by atoms with Gasteiger partial charge in [-0.15, -0.1) is 0 Å². The number of rotatable bonds is 5. The molecular weight excluding hydrogens is 295 g/mol. The maximum atomic E-state index is 12.5. The number of hydrogen-bond donors (Lipinski definition) is 1. The molecule has 0 aromatic heterocycles. The van der Waals surface area contributed by atoms with Gasteiger partial charge >= 0.3 is 6.18 Å². The Bertz CT molecular complexity index is 444. The van der Waals surface area contributed by atoms with Gasteiger partial charge in [0.15, 0.2) is 0 Å². The summed E-state index contributed by atoms with van der Waals surface area (Å²) in [6.45, 7) is 4.19. The predicted molar refractivity (Wildman–Crippen MR) is 82.6 cm³/mol. The predicted octanol–water partition coefficient (Wildman–Crippen LogP) is 5.03. The molecule has 0 aliphatic heterocycles. The van der Waals surface area contributed by atoms with Gasteiger partial charge < -0.3 is 5.32 Å². The van der Waals surface area contributed by atoms with Gasteiger partial charge in [0, 0.05) is 17.3 Å². The number of thioether (sulfide) groups is 1. The summed E-state index contributed by atoms with van der Waals surface area (Å²) >= 11 is 2.01. The molecule has 0 saturated heterocycles. The molecule has 3 atom stereocenters. The van der Waals surface area contributed by atoms with Crippen LogP contribution in [0.5, 0.6) is 0 Å². The number of nitrogens with one attached hydrogen (secondary N) is 1. The zero-order valence-electron chi connectivity index (χ0n) is 12.4. The zero-order chi connectivity index (χ0) is 15.5. The van der Waals surface area contributed by atoms with E-state index >= 15 is 0 Å². The summed E-state index contributed by atoms with van der Waals surface area (Å²) in [7, 11) is 0. The molecule has 0 spiro atoms. The average molecular weight is 317 g/mol. The Morgan fingerprint density at radius 3 is 2.48 bits per heavy atom. The fourth-order valence-electron chi connectivity index (χ4n) is 2.89. The highest BCUT2D eigenvalue weighted by atomic mass is 32.2. The van der Waals surface area contributed by atoms with Crippen molar-refractivity contribution in [1.29, 1.82) is 0 Å². The Labute approximate surface area is 128 Å². The van der Waals surface area contributed by atoms with Gasteiger partial charge in [0.2, 0.25) is 0 Å². The van der Waals surface area contributed by atoms with Crippen LogP contribution in [0.4, 0.5) is 13.2 Å². The molecular formula is C16H22F3NS. The highest BCUT2D eigenvalue weighted by Gasteiger charge is 2.30. The van der Waals surface area contributed by atoms with Gasteiger partial charge in [-0.1, -0.05) is 19.1 Å². The molecule has 118 valence electrons. The van der Waals surface area contributed by atoms with Crippen LogP contribution in [0.25, 0.3) is 0 Å². The van der Waals surface area contributed by atoms with E-state index in [1.54, 1.807) is 12.1 Å². The molecule has 1 aliphatic carbocycles. The monoisotopic (exact) mass is 317 g/mol. The fraction of sp³-hybridized carbons (Fsp3) is 0.625. The summed E-state index contributed by atoms with van der Waals surface area (Å²) in [6, 6.07) is 6.05. The smallest absolute Gasteiger partial charge is 0.307 e. The van der Waals surface area contributed by atoms with Crippen molar-refractivity contribution in [2.75, 3.05) is 5.75 Å². The van der Waals surface area contributed by atoms with E-state index in [1.165, 1.54) is 6.42 Å². The minimum absolute atomic E-state index is 0.0858. The summed E-state index contributed by atoms with van der Waals surface area (Å²) in [5, 5.41) is 4.28. The first kappa shape index (κ1) is 16.7. The average Bonchev–Trinajstić information content (AvgIpc) is 2.86. The van der Waals surface area contributed by atoms with Crippen molar-refractivity contribution in [3.8, 4) is 0 Å². The quantitative estimate of drug-likeness (QED) is 0.817. The van der Waals surface area contributed by atoms with Gasteiger partial charge in [0.05, 0.1) is 5.56 Å². The van der Waals surface area contributed by atoms with E-state index in [0.717, 1.165) is 41.5 Å². The van der Waals surface area contributed by atoms with Crippen LogP contribution in [-0.4, -0.2) is 17.0 Å². The number of alkyl halides is 3. The molecule has 1 N–H and O–H groups in total. The molecule has 1 saturated carbocycles. The van der Waals surface area contributed by atoms with E-state index in [2.05, 4.69) is 12.2 Å². The fourth-order valence-corrected chi connectivity index (χ4v) is 4.03. The highest BCUT2D eigenvalue weighted by Crippen LogP contribution is 2.32. The third kappa shape index (κ3) is 4.65. The van der Waals surface area contributed by atoms with Crippen molar-refractivity contribution in [3.05, 3.63) is 35.4 Å². The van der Waals surface area contributed by atoms with Crippen molar-refractivity contribution >= 4 is 11.8 Å². The largest absolute Gasteiger partial charge is 0.416 e. The van der Waals surface area contributed by atoms with Crippen molar-refractivity contribution in [2.24, 2.45) is 0 Å². The molecule has 1 nitrogen and oxygen atoms in total. The Balaban J connectivity index is 1.90. The molecule has 3 unspecified atom stereocenters. The molecule has 1 aliphatic rings. The summed E-state index contributed by atoms with van der Waals surface area (Å²) in [5.74, 6) is 1.14. The Kier molecular flexibility index (Phi) is 5.60. The molecule has 21 heavy (non-hydrogen) atoms. The van der Waals surface area contributed by atoms with Crippen molar-refractivity contribution in [2.45, 2.75) is 56.6 Å². The molecule has 2 rings (SSSR count). The topological polar surface area (TPSA) is 12.0 Å². The molecule has 0 bridgehead atoms. The lowest BCUT2D eigenvalue weighted by Gasteiger charge is -2.20. The lowest BCUT2D eigenvalue weighted by Crippen LogP contribution is -2.29. The standard InChI is InChI=1S/C16H22F3NS/c1-3-21-15-9-8-14(10-15)20-11(2)12-4-6-13(7-5-12)16(17,18)19/h4-7,11,14-15,20H,3,8-10H2,1-2H3. The van der Waals surface area contributed by atoms with Crippen LogP contribution in [0.2, 0.25) is 0 Å². The summed E-state index contributed by atoms with van der Waals surface area (Å²) in [6.07, 6.45) is -0.715. The van der Waals surface area contributed by atoms with Crippen LogP contribution in [0.15, 0.2) is 24.3 Å². The summed E-state index contributed by atoms with van der Waals surface area (Å²) < 4.78 is 37.6. The third-order valence-electron chi connectivity index (χ3n) is 4.01. The molecule has 0 radical (unpaired) electrons. The second-order valence-corrected chi connectivity index (χ2v) is 7.17. The van der Waals surface area contributed by atoms with E-state index in [9.17, 15) is 13.2 Å². The van der Waals surface area contributed by atoms with Crippen LogP contribution < -0.4 is 5.32 Å². The van der Waals surface area contributed by atoms with E-state index in [-0.39, 0.29) is 6.04 Å². The first-order valence-electron chi connectivity index (χ1n) is 7.45. The number of hydrogen-bond acceptors (Lipinski definition) is 2. The van der Waals surface area contributed by atoms with E-state index < -0.39 is 11.7 Å². The van der Waals surface area contributed by atoms with Gasteiger partial charge in [0.1, 0.15) is 0 Å². The lowest BCUT2D eigenvalue weighted by atomic mass is 10.0. The first-order valence-corrected chi connectivity index (χ1v) is 8.49. The first-order chi connectivity index (χ1) is 9.90. The van der Waals surface area contributed by atoms with Crippen LogP contribution >= 0.6 is 11.8 Å². The van der Waals surface area contributed by atoms with E-state index in [1.807, 2.05) is 18.7 Å². The maximum Gasteiger partial charge on any atom is 0.416 e. The van der Waals surface area contributed by atoms with Crippen LogP contribution in [-0.2, 0) is 6.18 Å². The third-order valence-corrected chi connectivity index (χ3v) is 5.24. The van der Waals surface area contributed by atoms with Crippen molar-refractivity contribution in [3.63, 3.8) is 0 Å². The van der Waals surface area contributed by atoms with Gasteiger partial charge in [-0.2, -0.15) is 24.9 Å². The van der Waals surface area contributed by atoms with Crippen molar-refractivity contribution in [1.82, 2.24) is 5.32 Å². The Morgan fingerprint density at radius 1 is 1.24 bits per heavy atom. The van der Waals surface area contributed by atoms with Crippen LogP contribution in [0.1, 0.15) is 50.3 Å². The maximum absolute atomic E-state index is 12.5. The van der Waals surface area contributed by atoms with Gasteiger partial charge in [0.25, 0.3) is 0 Å². The van der Waals surface area contributed by atoms with Crippen LogP contribution in [0.3, 0.4) is 0 Å². The zero-order valence-corrected chi connectivity index (χ0v) is 13.2. The van der Waals surface area contributed by atoms with E-state index in [4.69, 9.17) is 0 Å². The molecule has 0 amide bonds. The SMILES string of the molecule is CCSC1CCC(NC(C)c2ccc(C(F)(F)F)cc2)C1. The second-order valence-electron chi connectivity index (χ2n) is 5.60. The molecule has 1 aromatic rings. The number of halogens is 3. The highest BCUT2D eigenvalue weighted by molar-refractivity contribution is 7.99. The van der Waals surface area contributed by atoms with Crippen LogP contribution in [0, 0.1) is 0 Å². The normalized spacial score (nSPS) is 24.2. The summed E-state index contributed by atoms with van der Waals surface area (Å²) in [5.41, 5.74) is 0.327. The Morgan fingerprint density at radius 2 is 1.90 bits per heavy atom. The minimum Gasteiger partial charge on any atom is -0.307 e. The van der Waals surface area contributed by atoms with E-state index in [0.29, 0.717) is 6.04 Å².